The third-order valence-electron chi connectivity index (χ3n) is 2.87. The summed E-state index contributed by atoms with van der Waals surface area (Å²) in [6.07, 6.45) is -0.908. The van der Waals surface area contributed by atoms with Gasteiger partial charge < -0.3 is 15.3 Å². The monoisotopic (exact) mass is 318 g/mol. The van der Waals surface area contributed by atoms with Gasteiger partial charge in [0.05, 0.1) is 10.0 Å². The third-order valence-corrected chi connectivity index (χ3v) is 3.61. The zero-order valence-corrected chi connectivity index (χ0v) is 13.4. The topological polar surface area (TPSA) is 52.6 Å². The Labute approximate surface area is 129 Å². The van der Waals surface area contributed by atoms with Crippen molar-refractivity contribution >= 4 is 29.3 Å². The second-order valence-corrected chi connectivity index (χ2v) is 6.34. The molecule has 0 fully saturated rings. The Hall–Kier alpha value is -0.970. The molecule has 0 heterocycles. The van der Waals surface area contributed by atoms with Gasteiger partial charge in [0.2, 0.25) is 0 Å². The van der Waals surface area contributed by atoms with Crippen LogP contribution < -0.4 is 5.32 Å². The van der Waals surface area contributed by atoms with E-state index < -0.39 is 11.6 Å². The lowest BCUT2D eigenvalue weighted by Crippen LogP contribution is -2.47. The van der Waals surface area contributed by atoms with Gasteiger partial charge in [0.15, 0.2) is 0 Å². The first-order valence-corrected chi connectivity index (χ1v) is 7.12. The fraction of sp³-hybridized carbons (Fsp3) is 0.500. The standard InChI is InChI=1S/C14H20Cl2N2O2/c1-14(2,3)18(13(19)20)7-6-17-9-10-4-5-11(15)12(16)8-10/h4-5,8,17H,6-7,9H2,1-3H3,(H,19,20). The second kappa shape index (κ2) is 7.16. The third kappa shape index (κ3) is 5.19. The summed E-state index contributed by atoms with van der Waals surface area (Å²) in [4.78, 5) is 12.6. The summed E-state index contributed by atoms with van der Waals surface area (Å²) in [6, 6.07) is 5.44. The molecule has 0 bridgehead atoms. The van der Waals surface area contributed by atoms with Crippen LogP contribution in [0.15, 0.2) is 18.2 Å². The number of carbonyl (C=O) groups is 1. The molecule has 0 atom stereocenters. The number of rotatable bonds is 5. The van der Waals surface area contributed by atoms with Crippen LogP contribution in [-0.2, 0) is 6.54 Å². The van der Waals surface area contributed by atoms with Crippen LogP contribution >= 0.6 is 23.2 Å². The van der Waals surface area contributed by atoms with E-state index >= 15 is 0 Å². The lowest BCUT2D eigenvalue weighted by Gasteiger charge is -2.33. The van der Waals surface area contributed by atoms with Crippen LogP contribution in [0.4, 0.5) is 4.79 Å². The average molecular weight is 319 g/mol. The first-order chi connectivity index (χ1) is 9.21. The Morgan fingerprint density at radius 3 is 2.45 bits per heavy atom. The van der Waals surface area contributed by atoms with Gasteiger partial charge in [-0.3, -0.25) is 0 Å². The molecule has 0 saturated heterocycles. The summed E-state index contributed by atoms with van der Waals surface area (Å²) in [5.41, 5.74) is 0.605. The van der Waals surface area contributed by atoms with E-state index in [1.165, 1.54) is 4.90 Å². The van der Waals surface area contributed by atoms with Crippen LogP contribution in [-0.4, -0.2) is 34.7 Å². The molecule has 1 aromatic carbocycles. The number of halogens is 2. The lowest BCUT2D eigenvalue weighted by atomic mass is 10.1. The highest BCUT2D eigenvalue weighted by Crippen LogP contribution is 2.22. The van der Waals surface area contributed by atoms with Crippen molar-refractivity contribution in [2.24, 2.45) is 0 Å². The number of hydrogen-bond acceptors (Lipinski definition) is 2. The Morgan fingerprint density at radius 2 is 1.95 bits per heavy atom. The molecular weight excluding hydrogens is 299 g/mol. The molecule has 4 nitrogen and oxygen atoms in total. The number of benzene rings is 1. The van der Waals surface area contributed by atoms with E-state index in [1.807, 2.05) is 26.8 Å². The van der Waals surface area contributed by atoms with Gasteiger partial charge in [-0.25, -0.2) is 4.79 Å². The van der Waals surface area contributed by atoms with Gasteiger partial charge in [-0.1, -0.05) is 29.3 Å². The summed E-state index contributed by atoms with van der Waals surface area (Å²) in [7, 11) is 0. The van der Waals surface area contributed by atoms with Gasteiger partial charge in [-0.15, -0.1) is 0 Å². The maximum Gasteiger partial charge on any atom is 0.407 e. The van der Waals surface area contributed by atoms with Crippen LogP contribution in [0, 0.1) is 0 Å². The molecule has 1 rings (SSSR count). The summed E-state index contributed by atoms with van der Waals surface area (Å²) in [6.45, 7) is 7.25. The van der Waals surface area contributed by atoms with Crippen molar-refractivity contribution in [1.82, 2.24) is 10.2 Å². The van der Waals surface area contributed by atoms with Crippen LogP contribution in [0.5, 0.6) is 0 Å². The molecule has 0 aliphatic heterocycles. The smallest absolute Gasteiger partial charge is 0.407 e. The van der Waals surface area contributed by atoms with E-state index in [4.69, 9.17) is 28.3 Å². The number of nitrogens with one attached hydrogen (secondary N) is 1. The van der Waals surface area contributed by atoms with Crippen LogP contribution in [0.2, 0.25) is 10.0 Å². The normalized spacial score (nSPS) is 11.4. The highest BCUT2D eigenvalue weighted by molar-refractivity contribution is 6.42. The summed E-state index contributed by atoms with van der Waals surface area (Å²) in [5, 5.41) is 13.4. The highest BCUT2D eigenvalue weighted by atomic mass is 35.5. The molecule has 0 spiro atoms. The minimum absolute atomic E-state index is 0.406. The zero-order chi connectivity index (χ0) is 15.3. The quantitative estimate of drug-likeness (QED) is 0.810. The number of amides is 1. The average Bonchev–Trinajstić information content (AvgIpc) is 2.31. The number of carboxylic acid groups (broad SMARTS) is 1. The molecule has 2 N–H and O–H groups in total. The summed E-state index contributed by atoms with van der Waals surface area (Å²) < 4.78 is 0. The van der Waals surface area contributed by atoms with Crippen molar-refractivity contribution in [3.05, 3.63) is 33.8 Å². The van der Waals surface area contributed by atoms with Crippen molar-refractivity contribution in [1.29, 1.82) is 0 Å². The Kier molecular flexibility index (Phi) is 6.11. The van der Waals surface area contributed by atoms with E-state index in [2.05, 4.69) is 5.32 Å². The molecule has 1 aromatic rings. The Bertz CT molecular complexity index is 473. The zero-order valence-electron chi connectivity index (χ0n) is 11.9. The molecule has 0 saturated carbocycles. The molecule has 112 valence electrons. The van der Waals surface area contributed by atoms with Gasteiger partial charge in [-0.05, 0) is 38.5 Å². The predicted octanol–water partition coefficient (Wildman–Crippen LogP) is 3.86. The van der Waals surface area contributed by atoms with E-state index in [1.54, 1.807) is 12.1 Å². The van der Waals surface area contributed by atoms with E-state index in [0.29, 0.717) is 29.7 Å². The minimum Gasteiger partial charge on any atom is -0.465 e. The Morgan fingerprint density at radius 1 is 1.30 bits per heavy atom. The van der Waals surface area contributed by atoms with Gasteiger partial charge in [-0.2, -0.15) is 0 Å². The molecule has 0 aromatic heterocycles. The SMILES string of the molecule is CC(C)(C)N(CCNCc1ccc(Cl)c(Cl)c1)C(=O)O. The highest BCUT2D eigenvalue weighted by Gasteiger charge is 2.25. The number of hydrogen-bond donors (Lipinski definition) is 2. The summed E-state index contributed by atoms with van der Waals surface area (Å²) in [5.74, 6) is 0. The molecule has 0 unspecified atom stereocenters. The van der Waals surface area contributed by atoms with E-state index in [0.717, 1.165) is 5.56 Å². The van der Waals surface area contributed by atoms with Gasteiger partial charge in [0.1, 0.15) is 0 Å². The van der Waals surface area contributed by atoms with E-state index in [-0.39, 0.29) is 0 Å². The van der Waals surface area contributed by atoms with E-state index in [9.17, 15) is 4.79 Å². The molecule has 0 aliphatic carbocycles. The van der Waals surface area contributed by atoms with Crippen molar-refractivity contribution in [3.63, 3.8) is 0 Å². The summed E-state index contributed by atoms with van der Waals surface area (Å²) >= 11 is 11.8. The van der Waals surface area contributed by atoms with Gasteiger partial charge in [0, 0.05) is 25.2 Å². The minimum atomic E-state index is -0.908. The molecule has 1 amide bonds. The maximum absolute atomic E-state index is 11.2. The fourth-order valence-corrected chi connectivity index (χ4v) is 2.11. The van der Waals surface area contributed by atoms with Crippen molar-refractivity contribution in [2.75, 3.05) is 13.1 Å². The van der Waals surface area contributed by atoms with Crippen molar-refractivity contribution in [3.8, 4) is 0 Å². The first kappa shape index (κ1) is 17.1. The van der Waals surface area contributed by atoms with Crippen molar-refractivity contribution < 1.29 is 9.90 Å². The predicted molar refractivity (Wildman–Crippen MR) is 82.7 cm³/mol. The van der Waals surface area contributed by atoms with Crippen LogP contribution in [0.3, 0.4) is 0 Å². The number of nitrogens with zero attached hydrogens (tertiary/aromatic N) is 1. The molecule has 0 radical (unpaired) electrons. The maximum atomic E-state index is 11.2. The molecule has 20 heavy (non-hydrogen) atoms. The molecule has 0 aliphatic rings. The first-order valence-electron chi connectivity index (χ1n) is 6.37. The largest absolute Gasteiger partial charge is 0.465 e. The Balaban J connectivity index is 2.44. The molecular formula is C14H20Cl2N2O2. The van der Waals surface area contributed by atoms with Gasteiger partial charge in [0.25, 0.3) is 0 Å². The van der Waals surface area contributed by atoms with Crippen LogP contribution in [0.1, 0.15) is 26.3 Å². The van der Waals surface area contributed by atoms with Crippen molar-refractivity contribution in [2.45, 2.75) is 32.9 Å². The second-order valence-electron chi connectivity index (χ2n) is 5.53. The van der Waals surface area contributed by atoms with Gasteiger partial charge >= 0.3 is 6.09 Å². The lowest BCUT2D eigenvalue weighted by molar-refractivity contribution is 0.101. The van der Waals surface area contributed by atoms with Crippen LogP contribution in [0.25, 0.3) is 0 Å². The molecule has 6 heteroatoms. The fourth-order valence-electron chi connectivity index (χ4n) is 1.79.